The number of nitrogens with zero attached hydrogens (tertiary/aromatic N) is 1. The number of piperidine rings is 1. The highest BCUT2D eigenvalue weighted by Crippen LogP contribution is 2.43. The van der Waals surface area contributed by atoms with E-state index in [1.807, 2.05) is 0 Å². The summed E-state index contributed by atoms with van der Waals surface area (Å²) in [5, 5.41) is 0. The van der Waals surface area contributed by atoms with Crippen LogP contribution < -0.4 is 0 Å². The Labute approximate surface area is 235 Å². The van der Waals surface area contributed by atoms with Crippen LogP contribution in [0.15, 0.2) is 0 Å². The molecule has 38 heavy (non-hydrogen) atoms. The average molecular weight is 564 g/mol. The molecule has 0 saturated carbocycles. The van der Waals surface area contributed by atoms with Crippen molar-refractivity contribution in [1.29, 1.82) is 0 Å². The number of rotatable bonds is 27. The lowest BCUT2D eigenvalue weighted by molar-refractivity contribution is -0.0224. The van der Waals surface area contributed by atoms with Gasteiger partial charge in [0.15, 0.2) is 0 Å². The summed E-state index contributed by atoms with van der Waals surface area (Å²) < 4.78 is 33.5. The summed E-state index contributed by atoms with van der Waals surface area (Å²) in [4.78, 5) is 12.2. The van der Waals surface area contributed by atoms with Crippen molar-refractivity contribution in [2.45, 2.75) is 136 Å². The molecular weight excluding hydrogens is 501 g/mol. The van der Waals surface area contributed by atoms with E-state index < -0.39 is 7.82 Å². The van der Waals surface area contributed by atoms with Crippen molar-refractivity contribution in [2.24, 2.45) is 5.92 Å². The third-order valence-electron chi connectivity index (χ3n) is 7.74. The summed E-state index contributed by atoms with van der Waals surface area (Å²) in [5.41, 5.74) is 0. The van der Waals surface area contributed by atoms with Crippen molar-refractivity contribution in [1.82, 2.24) is 4.90 Å². The molecule has 0 aromatic rings. The molecule has 7 nitrogen and oxygen atoms in total. The van der Waals surface area contributed by atoms with E-state index in [9.17, 15) is 9.46 Å². The SMILES string of the molecule is CCCCCCCCCCCCCCCCCCOCC(COP(=O)(O)OCCN1CCC(C)CC1)OC. The lowest BCUT2D eigenvalue weighted by Gasteiger charge is -2.30. The molecule has 1 fully saturated rings. The van der Waals surface area contributed by atoms with Crippen LogP contribution >= 0.6 is 7.82 Å². The number of methoxy groups -OCH3 is 1. The van der Waals surface area contributed by atoms with Gasteiger partial charge in [-0.15, -0.1) is 0 Å². The lowest BCUT2D eigenvalue weighted by Crippen LogP contribution is -2.35. The molecule has 0 amide bonds. The minimum absolute atomic E-state index is 0.0233. The predicted octanol–water partition coefficient (Wildman–Crippen LogP) is 8.15. The fourth-order valence-corrected chi connectivity index (χ4v) is 5.68. The third-order valence-corrected chi connectivity index (χ3v) is 8.73. The molecule has 1 aliphatic rings. The van der Waals surface area contributed by atoms with Crippen LogP contribution in [0.25, 0.3) is 0 Å². The van der Waals surface area contributed by atoms with Crippen LogP contribution in [0.2, 0.25) is 0 Å². The van der Waals surface area contributed by atoms with Crippen LogP contribution in [0, 0.1) is 5.92 Å². The second-order valence-electron chi connectivity index (χ2n) is 11.4. The maximum absolute atomic E-state index is 12.2. The molecule has 2 unspecified atom stereocenters. The van der Waals surface area contributed by atoms with Gasteiger partial charge in [-0.2, -0.15) is 0 Å². The number of hydrogen-bond acceptors (Lipinski definition) is 6. The quantitative estimate of drug-likeness (QED) is 0.0798. The molecule has 1 aliphatic heterocycles. The highest BCUT2D eigenvalue weighted by atomic mass is 31.2. The van der Waals surface area contributed by atoms with Crippen molar-refractivity contribution in [3.8, 4) is 0 Å². The highest BCUT2D eigenvalue weighted by Gasteiger charge is 2.24. The van der Waals surface area contributed by atoms with Crippen molar-refractivity contribution in [2.75, 3.05) is 53.2 Å². The standard InChI is InChI=1S/C30H62NO6P/c1-4-5-6-7-8-9-10-11-12-13-14-15-16-17-18-19-25-35-27-30(34-3)28-37-38(32,33)36-26-24-31-22-20-29(2)21-23-31/h29-30H,4-28H2,1-3H3,(H,32,33). The monoisotopic (exact) mass is 563 g/mol. The molecule has 0 aliphatic carbocycles. The van der Waals surface area contributed by atoms with Gasteiger partial charge in [0, 0.05) is 20.3 Å². The average Bonchev–Trinajstić information content (AvgIpc) is 2.90. The Bertz CT molecular complexity index is 559. The maximum Gasteiger partial charge on any atom is 0.472 e. The zero-order valence-corrected chi connectivity index (χ0v) is 26.1. The normalized spacial score (nSPS) is 17.6. The number of phosphoric acid groups is 1. The molecule has 8 heteroatoms. The van der Waals surface area contributed by atoms with Crippen LogP contribution in [0.1, 0.15) is 129 Å². The van der Waals surface area contributed by atoms with E-state index in [1.165, 1.54) is 109 Å². The number of hydrogen-bond donors (Lipinski definition) is 1. The summed E-state index contributed by atoms with van der Waals surface area (Å²) in [6.45, 7) is 8.42. The molecule has 1 N–H and O–H groups in total. The second kappa shape index (κ2) is 24.8. The van der Waals surface area contributed by atoms with Gasteiger partial charge in [-0.25, -0.2) is 4.57 Å². The molecule has 0 bridgehead atoms. The molecule has 2 atom stereocenters. The Morgan fingerprint density at radius 2 is 1.26 bits per heavy atom. The second-order valence-corrected chi connectivity index (χ2v) is 12.8. The molecule has 1 rings (SSSR count). The first-order valence-corrected chi connectivity index (χ1v) is 17.4. The van der Waals surface area contributed by atoms with Crippen LogP contribution in [-0.4, -0.2) is 69.1 Å². The molecule has 1 saturated heterocycles. The van der Waals surface area contributed by atoms with Gasteiger partial charge in [0.05, 0.1) is 19.8 Å². The summed E-state index contributed by atoms with van der Waals surface area (Å²) in [6, 6.07) is 0. The Morgan fingerprint density at radius 1 is 0.763 bits per heavy atom. The van der Waals surface area contributed by atoms with Crippen molar-refractivity contribution in [3.63, 3.8) is 0 Å². The molecule has 1 heterocycles. The van der Waals surface area contributed by atoms with Gasteiger partial charge in [-0.1, -0.05) is 110 Å². The highest BCUT2D eigenvalue weighted by molar-refractivity contribution is 7.47. The Morgan fingerprint density at radius 3 is 1.76 bits per heavy atom. The first-order valence-electron chi connectivity index (χ1n) is 15.9. The van der Waals surface area contributed by atoms with Crippen LogP contribution in [0.3, 0.4) is 0 Å². The van der Waals surface area contributed by atoms with Crippen LogP contribution in [0.5, 0.6) is 0 Å². The summed E-state index contributed by atoms with van der Waals surface area (Å²) in [5.74, 6) is 0.761. The molecular formula is C30H62NO6P. The predicted molar refractivity (Wildman–Crippen MR) is 158 cm³/mol. The van der Waals surface area contributed by atoms with Gasteiger partial charge in [0.2, 0.25) is 0 Å². The first-order chi connectivity index (χ1) is 18.5. The first kappa shape index (κ1) is 36.0. The van der Waals surface area contributed by atoms with Gasteiger partial charge in [-0.05, 0) is 38.3 Å². The maximum atomic E-state index is 12.2. The fraction of sp³-hybridized carbons (Fsp3) is 1.00. The van der Waals surface area contributed by atoms with E-state index in [-0.39, 0.29) is 19.3 Å². The number of unbranched alkanes of at least 4 members (excludes halogenated alkanes) is 15. The molecule has 0 radical (unpaired) electrons. The van der Waals surface area contributed by atoms with E-state index in [1.54, 1.807) is 7.11 Å². The Balaban J connectivity index is 1.88. The lowest BCUT2D eigenvalue weighted by atomic mass is 9.99. The Hall–Kier alpha value is -0.0100. The van der Waals surface area contributed by atoms with Crippen LogP contribution in [-0.2, 0) is 23.1 Å². The molecule has 0 aromatic heterocycles. The van der Waals surface area contributed by atoms with Crippen LogP contribution in [0.4, 0.5) is 0 Å². The number of ether oxygens (including phenoxy) is 2. The zero-order valence-electron chi connectivity index (χ0n) is 25.2. The number of likely N-dealkylation sites (tertiary alicyclic amines) is 1. The topological polar surface area (TPSA) is 77.5 Å². The molecule has 228 valence electrons. The minimum atomic E-state index is -4.08. The minimum Gasteiger partial charge on any atom is -0.379 e. The summed E-state index contributed by atoms with van der Waals surface area (Å²) in [7, 11) is -2.52. The van der Waals surface area contributed by atoms with E-state index in [4.69, 9.17) is 18.5 Å². The van der Waals surface area contributed by atoms with Gasteiger partial charge in [-0.3, -0.25) is 9.05 Å². The van der Waals surface area contributed by atoms with Gasteiger partial charge < -0.3 is 19.3 Å². The van der Waals surface area contributed by atoms with E-state index >= 15 is 0 Å². The fourth-order valence-electron chi connectivity index (χ4n) is 4.94. The largest absolute Gasteiger partial charge is 0.472 e. The summed E-state index contributed by atoms with van der Waals surface area (Å²) >= 11 is 0. The van der Waals surface area contributed by atoms with Gasteiger partial charge >= 0.3 is 7.82 Å². The van der Waals surface area contributed by atoms with Crippen molar-refractivity contribution < 1.29 is 28.0 Å². The van der Waals surface area contributed by atoms with Crippen molar-refractivity contribution in [3.05, 3.63) is 0 Å². The summed E-state index contributed by atoms with van der Waals surface area (Å²) in [6.07, 6.45) is 23.6. The molecule has 0 aromatic carbocycles. The van der Waals surface area contributed by atoms with Gasteiger partial charge in [0.1, 0.15) is 6.10 Å². The van der Waals surface area contributed by atoms with Gasteiger partial charge in [0.25, 0.3) is 0 Å². The zero-order chi connectivity index (χ0) is 27.7. The van der Waals surface area contributed by atoms with E-state index in [0.29, 0.717) is 19.8 Å². The van der Waals surface area contributed by atoms with E-state index in [2.05, 4.69) is 18.7 Å². The Kier molecular flexibility index (Phi) is 23.5. The third kappa shape index (κ3) is 21.8. The van der Waals surface area contributed by atoms with E-state index in [0.717, 1.165) is 25.4 Å². The number of phosphoric ester groups is 1. The molecule has 0 spiro atoms. The van der Waals surface area contributed by atoms with Crippen molar-refractivity contribution >= 4 is 7.82 Å². The smallest absolute Gasteiger partial charge is 0.379 e.